The minimum Gasteiger partial charge on any atom is -0.294 e. The lowest BCUT2D eigenvalue weighted by Crippen LogP contribution is -2.35. The molecule has 0 saturated carbocycles. The fourth-order valence-corrected chi connectivity index (χ4v) is 1.10. The van der Waals surface area contributed by atoms with Crippen LogP contribution >= 0.6 is 0 Å². The lowest BCUT2D eigenvalue weighted by Gasteiger charge is -2.12. The van der Waals surface area contributed by atoms with Crippen molar-refractivity contribution in [3.63, 3.8) is 0 Å². The summed E-state index contributed by atoms with van der Waals surface area (Å²) in [5.41, 5.74) is 3.64. The Morgan fingerprint density at radius 3 is 3.00 bits per heavy atom. The van der Waals surface area contributed by atoms with Gasteiger partial charge in [0, 0.05) is 13.3 Å². The van der Waals surface area contributed by atoms with Crippen LogP contribution in [0.4, 0.5) is 4.39 Å². The molecule has 0 radical (unpaired) electrons. The highest BCUT2D eigenvalue weighted by atomic mass is 19.1. The highest BCUT2D eigenvalue weighted by Crippen LogP contribution is 2.02. The number of nitrogens with one attached hydrogen (secondary N) is 2. The summed E-state index contributed by atoms with van der Waals surface area (Å²) < 4.78 is 12.8. The highest BCUT2D eigenvalue weighted by Gasteiger charge is 1.98. The lowest BCUT2D eigenvalue weighted by molar-refractivity contribution is 0.467. The summed E-state index contributed by atoms with van der Waals surface area (Å²) in [6.45, 7) is 5.82. The van der Waals surface area contributed by atoms with Crippen LogP contribution in [-0.4, -0.2) is 12.9 Å². The molecule has 1 rings (SSSR count). The number of hydrogen-bond acceptors (Lipinski definition) is 3. The van der Waals surface area contributed by atoms with Crippen molar-refractivity contribution in [1.29, 1.82) is 0 Å². The van der Waals surface area contributed by atoms with E-state index in [2.05, 4.69) is 22.6 Å². The van der Waals surface area contributed by atoms with Crippen LogP contribution in [0.3, 0.4) is 0 Å². The van der Waals surface area contributed by atoms with E-state index in [1.807, 2.05) is 13.0 Å². The second kappa shape index (κ2) is 5.34. The minimum atomic E-state index is -0.216. The molecule has 1 aromatic rings. The number of nitrogens with zero attached hydrogens (tertiary/aromatic N) is 1. The van der Waals surface area contributed by atoms with Crippen LogP contribution in [0, 0.1) is 5.82 Å². The summed E-state index contributed by atoms with van der Waals surface area (Å²) in [4.78, 5) is 0. The Balaban J connectivity index is 2.41. The molecule has 0 aromatic heterocycles. The van der Waals surface area contributed by atoms with E-state index in [1.165, 1.54) is 12.1 Å². The molecule has 0 amide bonds. The molecule has 3 nitrogen and oxygen atoms in total. The van der Waals surface area contributed by atoms with Gasteiger partial charge in [-0.2, -0.15) is 5.10 Å². The Hall–Kier alpha value is -1.42. The molecule has 2 N–H and O–H groups in total. The van der Waals surface area contributed by atoms with Gasteiger partial charge in [0.25, 0.3) is 0 Å². The Morgan fingerprint density at radius 1 is 1.57 bits per heavy atom. The van der Waals surface area contributed by atoms with Gasteiger partial charge >= 0.3 is 0 Å². The van der Waals surface area contributed by atoms with Gasteiger partial charge in [-0.3, -0.25) is 10.7 Å². The first-order valence-electron chi connectivity index (χ1n) is 4.41. The number of hydrogen-bond donors (Lipinski definition) is 2. The van der Waals surface area contributed by atoms with Crippen molar-refractivity contribution >= 4 is 6.72 Å². The van der Waals surface area contributed by atoms with E-state index in [-0.39, 0.29) is 12.0 Å². The van der Waals surface area contributed by atoms with Gasteiger partial charge in [0.1, 0.15) is 5.82 Å². The van der Waals surface area contributed by atoms with Crippen LogP contribution in [0.2, 0.25) is 0 Å². The Kier molecular flexibility index (Phi) is 4.07. The molecule has 0 saturated heterocycles. The predicted molar refractivity (Wildman–Crippen MR) is 55.4 cm³/mol. The van der Waals surface area contributed by atoms with Crippen LogP contribution < -0.4 is 10.7 Å². The zero-order chi connectivity index (χ0) is 10.4. The average molecular weight is 195 g/mol. The minimum absolute atomic E-state index is 0.0239. The summed E-state index contributed by atoms with van der Waals surface area (Å²) >= 11 is 0. The number of hydrazone groups is 1. The molecule has 0 aliphatic carbocycles. The molecule has 14 heavy (non-hydrogen) atoms. The Morgan fingerprint density at radius 2 is 2.36 bits per heavy atom. The Labute approximate surface area is 83.0 Å². The molecular formula is C10H14FN3. The second-order valence-electron chi connectivity index (χ2n) is 3.02. The standard InChI is InChI=1S/C10H14FN3/c1-8(14-12-2)13-7-9-4-3-5-10(11)6-9/h3-6,8,13-14H,2,7H2,1H3. The van der Waals surface area contributed by atoms with Crippen LogP contribution in [0.15, 0.2) is 29.4 Å². The van der Waals surface area contributed by atoms with Crippen molar-refractivity contribution in [1.82, 2.24) is 10.7 Å². The van der Waals surface area contributed by atoms with Gasteiger partial charge < -0.3 is 0 Å². The first-order valence-corrected chi connectivity index (χ1v) is 4.41. The normalized spacial score (nSPS) is 12.1. The van der Waals surface area contributed by atoms with Crippen LogP contribution in [0.1, 0.15) is 12.5 Å². The first-order chi connectivity index (χ1) is 6.72. The predicted octanol–water partition coefficient (Wildman–Crippen LogP) is 1.47. The quantitative estimate of drug-likeness (QED) is 0.424. The summed E-state index contributed by atoms with van der Waals surface area (Å²) in [5, 5.41) is 6.64. The van der Waals surface area contributed by atoms with E-state index >= 15 is 0 Å². The largest absolute Gasteiger partial charge is 0.294 e. The molecule has 0 aliphatic rings. The molecule has 1 atom stereocenters. The molecule has 1 aromatic carbocycles. The maximum absolute atomic E-state index is 12.8. The molecule has 0 spiro atoms. The molecule has 0 fully saturated rings. The van der Waals surface area contributed by atoms with Crippen molar-refractivity contribution in [2.75, 3.05) is 0 Å². The SMILES string of the molecule is C=NNC(C)NCc1cccc(F)c1. The molecular weight excluding hydrogens is 181 g/mol. The number of benzene rings is 1. The highest BCUT2D eigenvalue weighted by molar-refractivity contribution is 5.22. The third kappa shape index (κ3) is 3.53. The van der Waals surface area contributed by atoms with Crippen LogP contribution in [0.5, 0.6) is 0 Å². The number of rotatable bonds is 5. The fraction of sp³-hybridized carbons (Fsp3) is 0.300. The van der Waals surface area contributed by atoms with Crippen molar-refractivity contribution in [2.45, 2.75) is 19.6 Å². The van der Waals surface area contributed by atoms with E-state index in [4.69, 9.17) is 0 Å². The van der Waals surface area contributed by atoms with Gasteiger partial charge in [-0.15, -0.1) is 0 Å². The van der Waals surface area contributed by atoms with Crippen LogP contribution in [-0.2, 0) is 6.54 Å². The summed E-state index contributed by atoms with van der Waals surface area (Å²) in [6, 6.07) is 6.48. The van der Waals surface area contributed by atoms with Gasteiger partial charge in [-0.1, -0.05) is 12.1 Å². The van der Waals surface area contributed by atoms with Crippen LogP contribution in [0.25, 0.3) is 0 Å². The van der Waals surface area contributed by atoms with Gasteiger partial charge in [0.15, 0.2) is 0 Å². The fourth-order valence-electron chi connectivity index (χ4n) is 1.10. The molecule has 76 valence electrons. The van der Waals surface area contributed by atoms with E-state index in [0.717, 1.165) is 5.56 Å². The molecule has 0 bridgehead atoms. The van der Waals surface area contributed by atoms with Gasteiger partial charge in [0.2, 0.25) is 0 Å². The maximum Gasteiger partial charge on any atom is 0.123 e. The van der Waals surface area contributed by atoms with Gasteiger partial charge in [-0.05, 0) is 24.6 Å². The van der Waals surface area contributed by atoms with Crippen molar-refractivity contribution in [3.05, 3.63) is 35.6 Å². The third-order valence-electron chi connectivity index (χ3n) is 1.79. The van der Waals surface area contributed by atoms with Gasteiger partial charge in [-0.25, -0.2) is 4.39 Å². The van der Waals surface area contributed by atoms with E-state index in [0.29, 0.717) is 6.54 Å². The van der Waals surface area contributed by atoms with E-state index in [9.17, 15) is 4.39 Å². The van der Waals surface area contributed by atoms with Gasteiger partial charge in [0.05, 0.1) is 6.17 Å². The maximum atomic E-state index is 12.8. The molecule has 4 heteroatoms. The Bertz CT molecular complexity index is 301. The number of halogens is 1. The zero-order valence-electron chi connectivity index (χ0n) is 8.13. The molecule has 1 unspecified atom stereocenters. The second-order valence-corrected chi connectivity index (χ2v) is 3.02. The average Bonchev–Trinajstić information content (AvgIpc) is 2.15. The lowest BCUT2D eigenvalue weighted by atomic mass is 10.2. The van der Waals surface area contributed by atoms with Crippen molar-refractivity contribution in [2.24, 2.45) is 5.10 Å². The topological polar surface area (TPSA) is 36.4 Å². The van der Waals surface area contributed by atoms with Crippen molar-refractivity contribution in [3.8, 4) is 0 Å². The molecule has 0 aliphatic heterocycles. The summed E-state index contributed by atoms with van der Waals surface area (Å²) in [6.07, 6.45) is 0.0239. The first kappa shape index (κ1) is 10.7. The summed E-state index contributed by atoms with van der Waals surface area (Å²) in [5.74, 6) is -0.216. The third-order valence-corrected chi connectivity index (χ3v) is 1.79. The van der Waals surface area contributed by atoms with E-state index in [1.54, 1.807) is 6.07 Å². The smallest absolute Gasteiger partial charge is 0.123 e. The monoisotopic (exact) mass is 195 g/mol. The van der Waals surface area contributed by atoms with Crippen molar-refractivity contribution < 1.29 is 4.39 Å². The van der Waals surface area contributed by atoms with E-state index < -0.39 is 0 Å². The zero-order valence-corrected chi connectivity index (χ0v) is 8.13. The molecule has 0 heterocycles. The summed E-state index contributed by atoms with van der Waals surface area (Å²) in [7, 11) is 0.